The molecule has 2 atom stereocenters. The lowest BCUT2D eigenvalue weighted by molar-refractivity contribution is -0.138. The van der Waals surface area contributed by atoms with E-state index < -0.39 is 5.54 Å². The SMILES string of the molecule is CCc1csc(C2CCCN(C(=O)C(C)(N)c3ccccc3)C2)n1.Cl.Cl. The summed E-state index contributed by atoms with van der Waals surface area (Å²) >= 11 is 1.72. The van der Waals surface area contributed by atoms with Crippen molar-refractivity contribution < 1.29 is 4.79 Å². The summed E-state index contributed by atoms with van der Waals surface area (Å²) in [6.07, 6.45) is 3.05. The van der Waals surface area contributed by atoms with Gasteiger partial charge in [0.05, 0.1) is 10.7 Å². The highest BCUT2D eigenvalue weighted by Gasteiger charge is 2.37. The number of nitrogens with zero attached hydrogens (tertiary/aromatic N) is 2. The Labute approximate surface area is 172 Å². The van der Waals surface area contributed by atoms with Crippen LogP contribution in [0.4, 0.5) is 0 Å². The molecule has 1 aromatic carbocycles. The van der Waals surface area contributed by atoms with Gasteiger partial charge in [-0.15, -0.1) is 36.2 Å². The third kappa shape index (κ3) is 4.77. The predicted octanol–water partition coefficient (Wildman–Crippen LogP) is 4.13. The summed E-state index contributed by atoms with van der Waals surface area (Å²) in [6, 6.07) is 9.64. The number of hydrogen-bond acceptors (Lipinski definition) is 4. The highest BCUT2D eigenvalue weighted by Crippen LogP contribution is 2.31. The average Bonchev–Trinajstić information content (AvgIpc) is 3.11. The highest BCUT2D eigenvalue weighted by molar-refractivity contribution is 7.09. The van der Waals surface area contributed by atoms with Crippen LogP contribution in [0.3, 0.4) is 0 Å². The van der Waals surface area contributed by atoms with Crippen molar-refractivity contribution in [1.29, 1.82) is 0 Å². The first-order valence-corrected chi connectivity index (χ1v) is 9.48. The van der Waals surface area contributed by atoms with E-state index in [2.05, 4.69) is 12.3 Å². The molecule has 7 heteroatoms. The number of rotatable bonds is 4. The quantitative estimate of drug-likeness (QED) is 0.816. The Hall–Kier alpha value is -1.14. The number of piperidine rings is 1. The first-order valence-electron chi connectivity index (χ1n) is 8.60. The summed E-state index contributed by atoms with van der Waals surface area (Å²) in [6.45, 7) is 5.43. The summed E-state index contributed by atoms with van der Waals surface area (Å²) in [5, 5.41) is 3.29. The molecule has 2 N–H and O–H groups in total. The molecular weight excluding hydrogens is 389 g/mol. The van der Waals surface area contributed by atoms with Gasteiger partial charge in [-0.1, -0.05) is 37.3 Å². The molecule has 0 aliphatic carbocycles. The Kier molecular flexibility index (Phi) is 8.54. The minimum absolute atomic E-state index is 0. The third-order valence-electron chi connectivity index (χ3n) is 4.81. The monoisotopic (exact) mass is 415 g/mol. The number of carbonyl (C=O) groups is 1. The van der Waals surface area contributed by atoms with E-state index in [1.165, 1.54) is 0 Å². The Morgan fingerprint density at radius 2 is 2.04 bits per heavy atom. The number of carbonyl (C=O) groups excluding carboxylic acids is 1. The van der Waals surface area contributed by atoms with Crippen molar-refractivity contribution in [2.24, 2.45) is 5.73 Å². The van der Waals surface area contributed by atoms with Crippen LogP contribution in [0, 0.1) is 0 Å². The molecule has 2 aromatic rings. The van der Waals surface area contributed by atoms with Gasteiger partial charge >= 0.3 is 0 Å². The number of amides is 1. The van der Waals surface area contributed by atoms with Crippen LogP contribution in [0.1, 0.15) is 48.9 Å². The fraction of sp³-hybridized carbons (Fsp3) is 0.474. The van der Waals surface area contributed by atoms with Crippen molar-refractivity contribution in [3.8, 4) is 0 Å². The number of aromatic nitrogens is 1. The van der Waals surface area contributed by atoms with Gasteiger partial charge in [-0.05, 0) is 31.7 Å². The fourth-order valence-electron chi connectivity index (χ4n) is 3.27. The van der Waals surface area contributed by atoms with E-state index in [4.69, 9.17) is 10.7 Å². The summed E-state index contributed by atoms with van der Waals surface area (Å²) in [7, 11) is 0. The zero-order valence-electron chi connectivity index (χ0n) is 15.2. The first kappa shape index (κ1) is 22.9. The van der Waals surface area contributed by atoms with Gasteiger partial charge in [0.25, 0.3) is 0 Å². The largest absolute Gasteiger partial charge is 0.340 e. The molecule has 1 fully saturated rings. The normalized spacial score (nSPS) is 19.0. The summed E-state index contributed by atoms with van der Waals surface area (Å²) in [5.74, 6) is 0.338. The molecule has 3 rings (SSSR count). The summed E-state index contributed by atoms with van der Waals surface area (Å²) in [4.78, 5) is 19.7. The molecule has 26 heavy (non-hydrogen) atoms. The number of aryl methyl sites for hydroxylation is 1. The highest BCUT2D eigenvalue weighted by atomic mass is 35.5. The van der Waals surface area contributed by atoms with E-state index in [1.807, 2.05) is 42.2 Å². The maximum absolute atomic E-state index is 13.0. The van der Waals surface area contributed by atoms with Gasteiger partial charge in [-0.2, -0.15) is 0 Å². The van der Waals surface area contributed by atoms with Crippen LogP contribution in [0.25, 0.3) is 0 Å². The lowest BCUT2D eigenvalue weighted by atomic mass is 9.89. The predicted molar refractivity (Wildman–Crippen MR) is 113 cm³/mol. The molecule has 1 saturated heterocycles. The number of nitrogens with two attached hydrogens (primary N) is 1. The summed E-state index contributed by atoms with van der Waals surface area (Å²) in [5.41, 5.74) is 7.44. The number of likely N-dealkylation sites (tertiary alicyclic amines) is 1. The lowest BCUT2D eigenvalue weighted by Gasteiger charge is -2.37. The Balaban J connectivity index is 0.00000169. The molecule has 144 valence electrons. The number of thiazole rings is 1. The zero-order valence-corrected chi connectivity index (χ0v) is 17.6. The van der Waals surface area contributed by atoms with E-state index in [1.54, 1.807) is 11.3 Å². The Morgan fingerprint density at radius 3 is 2.65 bits per heavy atom. The molecule has 0 radical (unpaired) electrons. The van der Waals surface area contributed by atoms with Crippen LogP contribution < -0.4 is 5.73 Å². The van der Waals surface area contributed by atoms with E-state index >= 15 is 0 Å². The second kappa shape index (κ2) is 9.70. The van der Waals surface area contributed by atoms with Crippen molar-refractivity contribution in [3.63, 3.8) is 0 Å². The van der Waals surface area contributed by atoms with Crippen LogP contribution in [0.2, 0.25) is 0 Å². The molecule has 1 aromatic heterocycles. The van der Waals surface area contributed by atoms with Crippen molar-refractivity contribution in [2.75, 3.05) is 13.1 Å². The minimum Gasteiger partial charge on any atom is -0.340 e. The molecular formula is C19H27Cl2N3OS. The second-order valence-corrected chi connectivity index (χ2v) is 7.58. The van der Waals surface area contributed by atoms with E-state index in [9.17, 15) is 4.79 Å². The van der Waals surface area contributed by atoms with Crippen molar-refractivity contribution in [2.45, 2.75) is 44.6 Å². The van der Waals surface area contributed by atoms with E-state index in [0.717, 1.165) is 48.6 Å². The summed E-state index contributed by atoms with van der Waals surface area (Å²) < 4.78 is 0. The fourth-order valence-corrected chi connectivity index (χ4v) is 4.30. The Morgan fingerprint density at radius 1 is 1.35 bits per heavy atom. The molecule has 1 aliphatic heterocycles. The zero-order chi connectivity index (χ0) is 17.2. The second-order valence-electron chi connectivity index (χ2n) is 6.69. The van der Waals surface area contributed by atoms with Crippen LogP contribution in [0.15, 0.2) is 35.7 Å². The van der Waals surface area contributed by atoms with Gasteiger partial charge in [0.15, 0.2) is 0 Å². The van der Waals surface area contributed by atoms with Crippen LogP contribution in [-0.4, -0.2) is 28.9 Å². The van der Waals surface area contributed by atoms with Gasteiger partial charge in [0, 0.05) is 24.4 Å². The first-order chi connectivity index (χ1) is 11.5. The molecule has 1 amide bonds. The Bertz CT molecular complexity index is 706. The van der Waals surface area contributed by atoms with E-state index in [0.29, 0.717) is 5.92 Å². The van der Waals surface area contributed by atoms with Crippen molar-refractivity contribution in [1.82, 2.24) is 9.88 Å². The number of benzene rings is 1. The van der Waals surface area contributed by atoms with Gasteiger partial charge < -0.3 is 10.6 Å². The van der Waals surface area contributed by atoms with Gasteiger partial charge in [-0.25, -0.2) is 4.98 Å². The van der Waals surface area contributed by atoms with Gasteiger partial charge in [-0.3, -0.25) is 4.79 Å². The third-order valence-corrected chi connectivity index (χ3v) is 5.86. The van der Waals surface area contributed by atoms with Crippen molar-refractivity contribution in [3.05, 3.63) is 52.0 Å². The molecule has 0 bridgehead atoms. The lowest BCUT2D eigenvalue weighted by Crippen LogP contribution is -2.53. The maximum Gasteiger partial charge on any atom is 0.246 e. The maximum atomic E-state index is 13.0. The van der Waals surface area contributed by atoms with Gasteiger partial charge in [0.2, 0.25) is 5.91 Å². The molecule has 1 aliphatic rings. The van der Waals surface area contributed by atoms with Gasteiger partial charge in [0.1, 0.15) is 5.54 Å². The van der Waals surface area contributed by atoms with Crippen LogP contribution in [-0.2, 0) is 16.8 Å². The topological polar surface area (TPSA) is 59.2 Å². The standard InChI is InChI=1S/C19H25N3OS.2ClH/c1-3-16-13-24-17(21-16)14-8-7-11-22(12-14)18(23)19(2,20)15-9-5-4-6-10-15;;/h4-6,9-10,13-14H,3,7-8,11-12,20H2,1-2H3;2*1H. The molecule has 2 unspecified atom stereocenters. The number of hydrogen-bond donors (Lipinski definition) is 1. The molecule has 0 spiro atoms. The van der Waals surface area contributed by atoms with E-state index in [-0.39, 0.29) is 30.7 Å². The smallest absolute Gasteiger partial charge is 0.246 e. The molecule has 0 saturated carbocycles. The molecule has 2 heterocycles. The molecule has 4 nitrogen and oxygen atoms in total. The average molecular weight is 416 g/mol. The van der Waals surface area contributed by atoms with Crippen LogP contribution in [0.5, 0.6) is 0 Å². The van der Waals surface area contributed by atoms with Crippen molar-refractivity contribution >= 4 is 42.1 Å². The van der Waals surface area contributed by atoms with Crippen LogP contribution >= 0.6 is 36.2 Å². The minimum atomic E-state index is -0.986. The number of halogens is 2.